The number of carbonyl (C=O) groups excluding carboxylic acids is 2. The molecule has 190 valence electrons. The van der Waals surface area contributed by atoms with Gasteiger partial charge in [-0.05, 0) is 0 Å². The van der Waals surface area contributed by atoms with E-state index >= 15 is 0 Å². The van der Waals surface area contributed by atoms with E-state index in [1.165, 1.54) is 18.2 Å². The van der Waals surface area contributed by atoms with E-state index in [0.717, 1.165) is 76.0 Å². The molecule has 0 unspecified atom stereocenters. The zero-order chi connectivity index (χ0) is 25.0. The van der Waals surface area contributed by atoms with Crippen LogP contribution in [-0.4, -0.2) is 49.6 Å². The van der Waals surface area contributed by atoms with Crippen molar-refractivity contribution in [3.05, 3.63) is 35.4 Å². The van der Waals surface area contributed by atoms with Crippen molar-refractivity contribution in [2.45, 2.75) is 79.1 Å². The molecule has 7 nitrogen and oxygen atoms in total. The average molecular weight is 505 g/mol. The molecule has 0 aromatic heterocycles. The zero-order valence-corrected chi connectivity index (χ0v) is 22.3. The summed E-state index contributed by atoms with van der Waals surface area (Å²) >= 11 is 0. The Hall–Kier alpha value is -1.50. The second kappa shape index (κ2) is 13.4. The van der Waals surface area contributed by atoms with E-state index in [0.29, 0.717) is 0 Å². The number of benzene rings is 1. The Bertz CT molecular complexity index is 839. The van der Waals surface area contributed by atoms with Crippen LogP contribution in [0.15, 0.2) is 24.3 Å². The first-order chi connectivity index (χ1) is 15.5. The van der Waals surface area contributed by atoms with Crippen LogP contribution in [-0.2, 0) is 19.1 Å². The summed E-state index contributed by atoms with van der Waals surface area (Å²) in [6, 6.07) is 5.62. The standard InChI is InChI=1S/C24H41O7PS/c1-5-9-16-32(17-10-6-2,18-11-7-3,19-12-8-4)30-23(25)21-14-13-15-22(20-21)24(26)31-33(27,28)29/h13-15,20H,5-12,16-19H2,1-4H3,(H,27,28,29). The molecule has 0 saturated heterocycles. The van der Waals surface area contributed by atoms with Crippen molar-refractivity contribution >= 4 is 29.2 Å². The van der Waals surface area contributed by atoms with Crippen LogP contribution in [0.2, 0.25) is 0 Å². The molecular weight excluding hydrogens is 463 g/mol. The van der Waals surface area contributed by atoms with Gasteiger partial charge >= 0.3 is 200 Å². The van der Waals surface area contributed by atoms with Gasteiger partial charge in [0.25, 0.3) is 0 Å². The van der Waals surface area contributed by atoms with Crippen LogP contribution in [0.5, 0.6) is 0 Å². The van der Waals surface area contributed by atoms with E-state index in [-0.39, 0.29) is 11.1 Å². The molecule has 0 spiro atoms. The maximum absolute atomic E-state index is 13.5. The maximum atomic E-state index is 13.5. The van der Waals surface area contributed by atoms with Crippen LogP contribution in [0.1, 0.15) is 99.8 Å². The number of rotatable bonds is 16. The van der Waals surface area contributed by atoms with E-state index in [9.17, 15) is 18.0 Å². The van der Waals surface area contributed by atoms with E-state index in [4.69, 9.17) is 9.08 Å². The van der Waals surface area contributed by atoms with Crippen molar-refractivity contribution in [3.8, 4) is 0 Å². The van der Waals surface area contributed by atoms with Gasteiger partial charge in [0.2, 0.25) is 0 Å². The van der Waals surface area contributed by atoms with Crippen LogP contribution in [0.3, 0.4) is 0 Å². The van der Waals surface area contributed by atoms with Gasteiger partial charge in [-0.1, -0.05) is 0 Å². The van der Waals surface area contributed by atoms with Crippen molar-refractivity contribution in [1.82, 2.24) is 0 Å². The first-order valence-corrected chi connectivity index (χ1v) is 16.4. The molecule has 1 N–H and O–H groups in total. The third-order valence-corrected chi connectivity index (χ3v) is 13.0. The van der Waals surface area contributed by atoms with Crippen molar-refractivity contribution in [2.24, 2.45) is 0 Å². The molecule has 0 fully saturated rings. The van der Waals surface area contributed by atoms with Crippen LogP contribution in [0.25, 0.3) is 0 Å². The van der Waals surface area contributed by atoms with E-state index in [1.807, 2.05) is 0 Å². The topological polar surface area (TPSA) is 107 Å². The monoisotopic (exact) mass is 504 g/mol. The summed E-state index contributed by atoms with van der Waals surface area (Å²) in [4.78, 5) is 25.5. The third kappa shape index (κ3) is 9.34. The van der Waals surface area contributed by atoms with Crippen molar-refractivity contribution < 1.29 is 31.3 Å². The van der Waals surface area contributed by atoms with Crippen LogP contribution in [0.4, 0.5) is 0 Å². The molecular formula is C24H41O7PS. The van der Waals surface area contributed by atoms with Gasteiger partial charge in [-0.2, -0.15) is 0 Å². The number of hydrogen-bond donors (Lipinski definition) is 1. The van der Waals surface area contributed by atoms with Crippen molar-refractivity contribution in [3.63, 3.8) is 0 Å². The second-order valence-electron chi connectivity index (χ2n) is 8.92. The second-order valence-corrected chi connectivity index (χ2v) is 15.6. The number of unbranched alkanes of at least 4 members (excludes halogenated alkanes) is 4. The molecule has 1 rings (SSSR count). The number of carbonyl (C=O) groups is 2. The Morgan fingerprint density at radius 2 is 1.18 bits per heavy atom. The Labute approximate surface area is 199 Å². The van der Waals surface area contributed by atoms with Crippen molar-refractivity contribution in [1.29, 1.82) is 0 Å². The predicted molar refractivity (Wildman–Crippen MR) is 135 cm³/mol. The predicted octanol–water partition coefficient (Wildman–Crippen LogP) is 6.47. The van der Waals surface area contributed by atoms with Gasteiger partial charge in [0, 0.05) is 0 Å². The fourth-order valence-corrected chi connectivity index (χ4v) is 11.3. The summed E-state index contributed by atoms with van der Waals surface area (Å²) in [5.41, 5.74) is 0.0291. The minimum atomic E-state index is -4.94. The molecule has 1 aromatic rings. The van der Waals surface area contributed by atoms with Gasteiger partial charge in [-0.15, -0.1) is 0 Å². The first kappa shape index (κ1) is 29.5. The van der Waals surface area contributed by atoms with Gasteiger partial charge in [0.1, 0.15) is 0 Å². The van der Waals surface area contributed by atoms with Crippen LogP contribution >= 0.6 is 6.83 Å². The summed E-state index contributed by atoms with van der Waals surface area (Å²) in [7, 11) is -4.94. The molecule has 0 aliphatic carbocycles. The molecule has 0 amide bonds. The van der Waals surface area contributed by atoms with Gasteiger partial charge in [-0.3, -0.25) is 0 Å². The van der Waals surface area contributed by atoms with Crippen LogP contribution in [0, 0.1) is 0 Å². The normalized spacial score (nSPS) is 13.2. The molecule has 0 aliphatic rings. The SMILES string of the molecule is CCCCP(CCCC)(CCCC)(CCCC)OC(=O)c1cccc(C(=O)OS(=O)(=O)O)c1. The Morgan fingerprint density at radius 1 is 0.788 bits per heavy atom. The summed E-state index contributed by atoms with van der Waals surface area (Å²) in [5.74, 6) is -1.73. The van der Waals surface area contributed by atoms with E-state index in [1.54, 1.807) is 6.07 Å². The first-order valence-electron chi connectivity index (χ1n) is 12.1. The molecule has 33 heavy (non-hydrogen) atoms. The molecule has 0 bridgehead atoms. The molecule has 1 aromatic carbocycles. The molecule has 0 heterocycles. The van der Waals surface area contributed by atoms with Gasteiger partial charge in [0.15, 0.2) is 0 Å². The quantitative estimate of drug-likeness (QED) is 0.203. The Balaban J connectivity index is 3.40. The number of hydrogen-bond acceptors (Lipinski definition) is 6. The molecule has 0 aliphatic heterocycles. The van der Waals surface area contributed by atoms with Crippen LogP contribution < -0.4 is 0 Å². The Morgan fingerprint density at radius 3 is 1.55 bits per heavy atom. The van der Waals surface area contributed by atoms with Gasteiger partial charge in [-0.25, -0.2) is 0 Å². The molecule has 0 atom stereocenters. The summed E-state index contributed by atoms with van der Waals surface area (Å²) in [6.07, 6.45) is 11.8. The molecule has 0 radical (unpaired) electrons. The van der Waals surface area contributed by atoms with E-state index in [2.05, 4.69) is 31.9 Å². The van der Waals surface area contributed by atoms with Gasteiger partial charge < -0.3 is 0 Å². The molecule has 0 saturated carbocycles. The zero-order valence-electron chi connectivity index (χ0n) is 20.5. The summed E-state index contributed by atoms with van der Waals surface area (Å²) in [5, 5.41) is 0. The average Bonchev–Trinajstić information content (AvgIpc) is 2.78. The minimum absolute atomic E-state index is 0.147. The third-order valence-electron chi connectivity index (χ3n) is 6.17. The van der Waals surface area contributed by atoms with Crippen molar-refractivity contribution in [2.75, 3.05) is 24.6 Å². The fraction of sp³-hybridized carbons (Fsp3) is 0.667. The summed E-state index contributed by atoms with van der Waals surface area (Å²) in [6.45, 7) is 5.74. The Kier molecular flexibility index (Phi) is 12.0. The fourth-order valence-electron chi connectivity index (χ4n) is 4.29. The van der Waals surface area contributed by atoms with E-state index < -0.39 is 29.2 Å². The molecule has 9 heteroatoms. The summed E-state index contributed by atoms with van der Waals surface area (Å²) < 4.78 is 41.2. The van der Waals surface area contributed by atoms with Gasteiger partial charge in [0.05, 0.1) is 0 Å².